The van der Waals surface area contributed by atoms with Gasteiger partial charge in [0.15, 0.2) is 0 Å². The summed E-state index contributed by atoms with van der Waals surface area (Å²) in [5.74, 6) is 0.0732. The third-order valence-electron chi connectivity index (χ3n) is 6.27. The lowest BCUT2D eigenvalue weighted by Crippen LogP contribution is -2.21. The molecule has 0 saturated carbocycles. The summed E-state index contributed by atoms with van der Waals surface area (Å²) in [4.78, 5) is 39.1. The van der Waals surface area contributed by atoms with Gasteiger partial charge in [-0.05, 0) is 48.9 Å². The van der Waals surface area contributed by atoms with E-state index in [4.69, 9.17) is 0 Å². The van der Waals surface area contributed by atoms with E-state index in [0.29, 0.717) is 40.3 Å². The molecule has 0 aliphatic carbocycles. The molecule has 1 aliphatic heterocycles. The summed E-state index contributed by atoms with van der Waals surface area (Å²) in [5, 5.41) is 16.3. The van der Waals surface area contributed by atoms with E-state index in [1.807, 2.05) is 37.4 Å². The van der Waals surface area contributed by atoms with Crippen molar-refractivity contribution < 1.29 is 9.90 Å². The van der Waals surface area contributed by atoms with Crippen molar-refractivity contribution in [2.75, 3.05) is 17.2 Å². The number of rotatable bonds is 7. The molecule has 2 aromatic carbocycles. The van der Waals surface area contributed by atoms with Gasteiger partial charge in [0, 0.05) is 66.7 Å². The fraction of sp³-hybridized carbons (Fsp3) is 0.179. The third kappa shape index (κ3) is 5.11. The van der Waals surface area contributed by atoms with Crippen molar-refractivity contribution in [3.8, 4) is 17.0 Å². The van der Waals surface area contributed by atoms with Crippen molar-refractivity contribution in [2.24, 2.45) is 12.0 Å². The van der Waals surface area contributed by atoms with Gasteiger partial charge in [-0.25, -0.2) is 9.97 Å². The number of carbonyl (C=O) groups is 1. The van der Waals surface area contributed by atoms with Gasteiger partial charge in [0.25, 0.3) is 11.5 Å². The van der Waals surface area contributed by atoms with Crippen molar-refractivity contribution in [1.82, 2.24) is 14.5 Å². The Morgan fingerprint density at radius 3 is 2.81 bits per heavy atom. The minimum absolute atomic E-state index is 0.0181. The quantitative estimate of drug-likeness (QED) is 0.350. The number of hydrogen-bond donors (Lipinski definition) is 3. The van der Waals surface area contributed by atoms with E-state index in [0.717, 1.165) is 29.7 Å². The van der Waals surface area contributed by atoms with Crippen LogP contribution in [0, 0.1) is 6.92 Å². The summed E-state index contributed by atoms with van der Waals surface area (Å²) < 4.78 is 1.56. The summed E-state index contributed by atoms with van der Waals surface area (Å²) >= 11 is 0. The van der Waals surface area contributed by atoms with E-state index in [1.54, 1.807) is 36.0 Å². The molecule has 186 valence electrons. The van der Waals surface area contributed by atoms with E-state index >= 15 is 0 Å². The second-order valence-electron chi connectivity index (χ2n) is 8.89. The number of aliphatic imine (C=N–C) groups is 1. The Kier molecular flexibility index (Phi) is 6.51. The monoisotopic (exact) mass is 494 g/mol. The lowest BCUT2D eigenvalue weighted by molar-refractivity contribution is 0.102. The predicted octanol–water partition coefficient (Wildman–Crippen LogP) is 4.42. The van der Waals surface area contributed by atoms with Crippen LogP contribution in [0.4, 0.5) is 11.6 Å². The van der Waals surface area contributed by atoms with Crippen molar-refractivity contribution >= 4 is 34.2 Å². The number of phenolic OH excluding ortho intramolecular Hbond substituents is 1. The highest BCUT2D eigenvalue weighted by Gasteiger charge is 2.15. The van der Waals surface area contributed by atoms with Crippen LogP contribution in [0.1, 0.15) is 28.8 Å². The summed E-state index contributed by atoms with van der Waals surface area (Å²) in [6.45, 7) is 2.57. The molecule has 0 fully saturated rings. The molecule has 5 rings (SSSR count). The number of aromatic nitrogens is 3. The number of nitrogens with zero attached hydrogens (tertiary/aromatic N) is 4. The van der Waals surface area contributed by atoms with Gasteiger partial charge in [-0.1, -0.05) is 18.2 Å². The molecular weight excluding hydrogens is 468 g/mol. The Balaban J connectivity index is 1.42. The van der Waals surface area contributed by atoms with Gasteiger partial charge in [-0.15, -0.1) is 0 Å². The molecule has 0 atom stereocenters. The van der Waals surface area contributed by atoms with Crippen LogP contribution in [0.15, 0.2) is 76.8 Å². The molecule has 3 N–H and O–H groups in total. The molecule has 9 heteroatoms. The van der Waals surface area contributed by atoms with Crippen molar-refractivity contribution in [3.05, 3.63) is 88.5 Å². The van der Waals surface area contributed by atoms with Crippen molar-refractivity contribution in [3.63, 3.8) is 0 Å². The molecule has 2 aromatic heterocycles. The first-order valence-corrected chi connectivity index (χ1v) is 11.9. The van der Waals surface area contributed by atoms with Crippen LogP contribution in [0.25, 0.3) is 22.2 Å². The standard InChI is InChI=1S/C28H26N6O3/c1-17-8-9-21(32-26(36)18-5-3-7-22(35)13-18)15-23(17)24-14-19-16-31-28(33-25(19)27(37)34(24)2)30-12-10-20-6-4-11-29-20/h3-5,7-9,11,13-16,35H,6,10,12H2,1-2H3,(H,32,36)(H,30,31,33). The third-order valence-corrected chi connectivity index (χ3v) is 6.27. The smallest absolute Gasteiger partial charge is 0.277 e. The molecular formula is C28H26N6O3. The number of aryl methyl sites for hydroxylation is 1. The van der Waals surface area contributed by atoms with Gasteiger partial charge in [0.1, 0.15) is 11.3 Å². The number of carbonyl (C=O) groups excluding carboxylic acids is 1. The fourth-order valence-electron chi connectivity index (χ4n) is 4.23. The first-order chi connectivity index (χ1) is 17.9. The number of pyridine rings is 1. The van der Waals surface area contributed by atoms with Crippen LogP contribution < -0.4 is 16.2 Å². The molecule has 37 heavy (non-hydrogen) atoms. The van der Waals surface area contributed by atoms with Gasteiger partial charge in [-0.2, -0.15) is 0 Å². The minimum atomic E-state index is -0.345. The van der Waals surface area contributed by atoms with E-state index < -0.39 is 0 Å². The number of benzene rings is 2. The molecule has 4 aromatic rings. The second kappa shape index (κ2) is 10.1. The number of aromatic hydroxyl groups is 1. The second-order valence-corrected chi connectivity index (χ2v) is 8.89. The Labute approximate surface area is 213 Å². The predicted molar refractivity (Wildman–Crippen MR) is 145 cm³/mol. The van der Waals surface area contributed by atoms with Crippen LogP contribution in [0.5, 0.6) is 5.75 Å². The number of allylic oxidation sites excluding steroid dienone is 1. The average Bonchev–Trinajstić information content (AvgIpc) is 3.41. The van der Waals surface area contributed by atoms with Crippen molar-refractivity contribution in [1.29, 1.82) is 0 Å². The zero-order chi connectivity index (χ0) is 25.9. The van der Waals surface area contributed by atoms with Crippen molar-refractivity contribution in [2.45, 2.75) is 19.8 Å². The van der Waals surface area contributed by atoms with Crippen LogP contribution in [0.2, 0.25) is 0 Å². The Morgan fingerprint density at radius 2 is 2.03 bits per heavy atom. The zero-order valence-corrected chi connectivity index (χ0v) is 20.5. The van der Waals surface area contributed by atoms with Crippen LogP contribution >= 0.6 is 0 Å². The van der Waals surface area contributed by atoms with Gasteiger partial charge in [-0.3, -0.25) is 14.6 Å². The highest BCUT2D eigenvalue weighted by molar-refractivity contribution is 6.04. The Morgan fingerprint density at radius 1 is 1.16 bits per heavy atom. The van der Waals surface area contributed by atoms with Gasteiger partial charge < -0.3 is 20.3 Å². The Bertz CT molecular complexity index is 1640. The number of phenols is 1. The normalized spacial score (nSPS) is 12.5. The molecule has 0 bridgehead atoms. The van der Waals surface area contributed by atoms with Crippen LogP contribution in [-0.4, -0.2) is 37.8 Å². The zero-order valence-electron chi connectivity index (χ0n) is 20.5. The molecule has 1 amide bonds. The number of hydrogen-bond acceptors (Lipinski definition) is 7. The van der Waals surface area contributed by atoms with E-state index in [-0.39, 0.29) is 17.2 Å². The van der Waals surface area contributed by atoms with Gasteiger partial charge >= 0.3 is 0 Å². The number of nitrogens with one attached hydrogen (secondary N) is 2. The molecule has 0 radical (unpaired) electrons. The van der Waals surface area contributed by atoms with E-state index in [1.165, 1.54) is 12.1 Å². The van der Waals surface area contributed by atoms with E-state index in [2.05, 4.69) is 25.6 Å². The SMILES string of the molecule is Cc1ccc(NC(=O)c2cccc(O)c2)cc1-c1cc2cnc(NCCC3=NC=CC3)nc2c(=O)n1C. The highest BCUT2D eigenvalue weighted by Crippen LogP contribution is 2.28. The van der Waals surface area contributed by atoms with Crippen LogP contribution in [-0.2, 0) is 7.05 Å². The number of fused-ring (bicyclic) bond motifs is 1. The maximum Gasteiger partial charge on any atom is 0.277 e. The largest absolute Gasteiger partial charge is 0.508 e. The average molecular weight is 495 g/mol. The molecule has 9 nitrogen and oxygen atoms in total. The topological polar surface area (TPSA) is 122 Å². The molecule has 3 heterocycles. The lowest BCUT2D eigenvalue weighted by Gasteiger charge is -2.15. The summed E-state index contributed by atoms with van der Waals surface area (Å²) in [7, 11) is 1.70. The number of anilines is 2. The van der Waals surface area contributed by atoms with Crippen LogP contribution in [0.3, 0.4) is 0 Å². The van der Waals surface area contributed by atoms with E-state index in [9.17, 15) is 14.7 Å². The maximum absolute atomic E-state index is 13.3. The summed E-state index contributed by atoms with van der Waals surface area (Å²) in [6, 6.07) is 13.5. The van der Waals surface area contributed by atoms with Gasteiger partial charge in [0.2, 0.25) is 5.95 Å². The first kappa shape index (κ1) is 23.9. The molecule has 0 unspecified atom stereocenters. The first-order valence-electron chi connectivity index (χ1n) is 11.9. The highest BCUT2D eigenvalue weighted by atomic mass is 16.3. The Hall–Kier alpha value is -4.79. The summed E-state index contributed by atoms with van der Waals surface area (Å²) in [6.07, 6.45) is 7.12. The maximum atomic E-state index is 13.3. The molecule has 0 spiro atoms. The minimum Gasteiger partial charge on any atom is -0.508 e. The lowest BCUT2D eigenvalue weighted by atomic mass is 10.0. The fourth-order valence-corrected chi connectivity index (χ4v) is 4.23. The molecule has 1 aliphatic rings. The molecule has 0 saturated heterocycles. The summed E-state index contributed by atoms with van der Waals surface area (Å²) in [5.41, 5.74) is 4.51. The number of amides is 1. The van der Waals surface area contributed by atoms with Gasteiger partial charge in [0.05, 0.1) is 5.69 Å².